The van der Waals surface area contributed by atoms with E-state index in [0.29, 0.717) is 10.7 Å². The average Bonchev–Trinajstić information content (AvgIpc) is 2.63. The number of anilines is 2. The summed E-state index contributed by atoms with van der Waals surface area (Å²) in [5.74, 6) is -1.09. The standard InChI is InChI=1S/C21H20ClN3O3/c1-12-4-7-17-14(8-12)10-21(11-24(17)3)18(26)23-20(28)25(19(21)27)15-6-5-13(2)16(22)9-15/h4-9H,10-11H2,1-3H3,(H,23,26,28). The number of barbiturate groups is 1. The van der Waals surface area contributed by atoms with Gasteiger partial charge in [-0.25, -0.2) is 9.69 Å². The Hall–Kier alpha value is -2.86. The van der Waals surface area contributed by atoms with Gasteiger partial charge in [-0.1, -0.05) is 35.4 Å². The van der Waals surface area contributed by atoms with Crippen molar-refractivity contribution in [1.29, 1.82) is 0 Å². The van der Waals surface area contributed by atoms with Gasteiger partial charge in [0.1, 0.15) is 0 Å². The molecule has 28 heavy (non-hydrogen) atoms. The molecular formula is C21H20ClN3O3. The van der Waals surface area contributed by atoms with E-state index in [1.165, 1.54) is 0 Å². The highest BCUT2D eigenvalue weighted by molar-refractivity contribution is 6.33. The number of fused-ring (bicyclic) bond motifs is 1. The lowest BCUT2D eigenvalue weighted by Gasteiger charge is -2.45. The summed E-state index contributed by atoms with van der Waals surface area (Å²) in [6.07, 6.45) is 0.238. The maximum absolute atomic E-state index is 13.5. The molecule has 0 saturated carbocycles. The molecule has 2 aliphatic rings. The topological polar surface area (TPSA) is 69.7 Å². The minimum atomic E-state index is -1.37. The first-order valence-electron chi connectivity index (χ1n) is 9.00. The molecule has 1 N–H and O–H groups in total. The highest BCUT2D eigenvalue weighted by Gasteiger charge is 2.56. The van der Waals surface area contributed by atoms with E-state index in [2.05, 4.69) is 5.32 Å². The van der Waals surface area contributed by atoms with Crippen molar-refractivity contribution in [2.24, 2.45) is 5.41 Å². The molecule has 0 bridgehead atoms. The Labute approximate surface area is 168 Å². The van der Waals surface area contributed by atoms with Crippen LogP contribution in [0, 0.1) is 19.3 Å². The van der Waals surface area contributed by atoms with Gasteiger partial charge in [-0.15, -0.1) is 0 Å². The van der Waals surface area contributed by atoms with Crippen LogP contribution < -0.4 is 15.1 Å². The number of imide groups is 2. The summed E-state index contributed by atoms with van der Waals surface area (Å²) in [6, 6.07) is 10.2. The van der Waals surface area contributed by atoms with Gasteiger partial charge in [-0.3, -0.25) is 14.9 Å². The van der Waals surface area contributed by atoms with Gasteiger partial charge < -0.3 is 4.90 Å². The number of carbonyl (C=O) groups excluding carboxylic acids is 3. The normalized spacial score (nSPS) is 21.8. The second kappa shape index (κ2) is 6.34. The van der Waals surface area contributed by atoms with E-state index in [4.69, 9.17) is 11.6 Å². The zero-order chi connectivity index (χ0) is 20.2. The molecular weight excluding hydrogens is 378 g/mol. The number of carbonyl (C=O) groups is 3. The molecule has 1 atom stereocenters. The van der Waals surface area contributed by atoms with E-state index in [-0.39, 0.29) is 13.0 Å². The van der Waals surface area contributed by atoms with E-state index < -0.39 is 23.3 Å². The lowest BCUT2D eigenvalue weighted by molar-refractivity contribution is -0.142. The molecule has 6 nitrogen and oxygen atoms in total. The summed E-state index contributed by atoms with van der Waals surface area (Å²) < 4.78 is 0. The number of hydrogen-bond donors (Lipinski definition) is 1. The first-order chi connectivity index (χ1) is 13.2. The second-order valence-corrected chi connectivity index (χ2v) is 7.99. The van der Waals surface area contributed by atoms with Crippen LogP contribution in [0.25, 0.3) is 0 Å². The van der Waals surface area contributed by atoms with Crippen LogP contribution in [-0.2, 0) is 16.0 Å². The number of benzene rings is 2. The zero-order valence-corrected chi connectivity index (χ0v) is 16.6. The number of urea groups is 1. The summed E-state index contributed by atoms with van der Waals surface area (Å²) in [5.41, 5.74) is 2.75. The fraction of sp³-hybridized carbons (Fsp3) is 0.286. The molecule has 4 amide bonds. The van der Waals surface area contributed by atoms with Crippen molar-refractivity contribution in [3.8, 4) is 0 Å². The minimum Gasteiger partial charge on any atom is -0.373 e. The van der Waals surface area contributed by atoms with Gasteiger partial charge in [0.25, 0.3) is 5.91 Å². The van der Waals surface area contributed by atoms with Crippen molar-refractivity contribution in [2.75, 3.05) is 23.4 Å². The lowest BCUT2D eigenvalue weighted by Crippen LogP contribution is -2.68. The van der Waals surface area contributed by atoms with Crippen molar-refractivity contribution >= 4 is 40.8 Å². The molecule has 7 heteroatoms. The molecule has 0 aromatic heterocycles. The van der Waals surface area contributed by atoms with E-state index >= 15 is 0 Å². The predicted octanol–water partition coefficient (Wildman–Crippen LogP) is 3.22. The van der Waals surface area contributed by atoms with E-state index in [0.717, 1.165) is 27.3 Å². The Morgan fingerprint density at radius 1 is 1.07 bits per heavy atom. The largest absolute Gasteiger partial charge is 0.373 e. The molecule has 1 fully saturated rings. The summed E-state index contributed by atoms with van der Waals surface area (Å²) in [5, 5.41) is 2.83. The second-order valence-electron chi connectivity index (χ2n) is 7.58. The molecule has 2 heterocycles. The van der Waals surface area contributed by atoms with Crippen LogP contribution in [-0.4, -0.2) is 31.4 Å². The maximum Gasteiger partial charge on any atom is 0.335 e. The number of halogens is 1. The third-order valence-corrected chi connectivity index (χ3v) is 5.94. The van der Waals surface area contributed by atoms with Gasteiger partial charge >= 0.3 is 6.03 Å². The molecule has 144 valence electrons. The van der Waals surface area contributed by atoms with Gasteiger partial charge in [0.05, 0.1) is 5.69 Å². The summed E-state index contributed by atoms with van der Waals surface area (Å²) in [6.45, 7) is 4.00. The van der Waals surface area contributed by atoms with Crippen molar-refractivity contribution in [3.05, 3.63) is 58.1 Å². The quantitative estimate of drug-likeness (QED) is 0.750. The third kappa shape index (κ3) is 2.67. The lowest BCUT2D eigenvalue weighted by atomic mass is 9.74. The van der Waals surface area contributed by atoms with Gasteiger partial charge in [0, 0.05) is 24.3 Å². The summed E-state index contributed by atoms with van der Waals surface area (Å²) in [7, 11) is 1.85. The Morgan fingerprint density at radius 2 is 1.82 bits per heavy atom. The number of amides is 4. The fourth-order valence-corrected chi connectivity index (χ4v) is 4.20. The molecule has 1 saturated heterocycles. The summed E-state index contributed by atoms with van der Waals surface area (Å²) >= 11 is 6.20. The predicted molar refractivity (Wildman–Crippen MR) is 108 cm³/mol. The molecule has 4 rings (SSSR count). The zero-order valence-electron chi connectivity index (χ0n) is 15.9. The molecule has 1 spiro atoms. The minimum absolute atomic E-state index is 0.192. The number of nitrogens with zero attached hydrogens (tertiary/aromatic N) is 2. The van der Waals surface area contributed by atoms with Gasteiger partial charge in [-0.05, 0) is 49.6 Å². The van der Waals surface area contributed by atoms with E-state index in [9.17, 15) is 14.4 Å². The van der Waals surface area contributed by atoms with Crippen LogP contribution in [0.2, 0.25) is 5.02 Å². The highest BCUT2D eigenvalue weighted by atomic mass is 35.5. The molecule has 2 aliphatic heterocycles. The first-order valence-corrected chi connectivity index (χ1v) is 9.37. The average molecular weight is 398 g/mol. The molecule has 1 unspecified atom stereocenters. The van der Waals surface area contributed by atoms with E-state index in [1.807, 2.05) is 44.0 Å². The van der Waals surface area contributed by atoms with Crippen LogP contribution in [0.15, 0.2) is 36.4 Å². The van der Waals surface area contributed by atoms with Crippen molar-refractivity contribution in [1.82, 2.24) is 5.32 Å². The van der Waals surface area contributed by atoms with Gasteiger partial charge in [-0.2, -0.15) is 0 Å². The number of aryl methyl sites for hydroxylation is 2. The molecule has 0 aliphatic carbocycles. The summed E-state index contributed by atoms with van der Waals surface area (Å²) in [4.78, 5) is 41.9. The van der Waals surface area contributed by atoms with Crippen LogP contribution >= 0.6 is 11.6 Å². The fourth-order valence-electron chi connectivity index (χ4n) is 4.03. The Bertz CT molecular complexity index is 1040. The number of hydrogen-bond acceptors (Lipinski definition) is 4. The number of nitrogens with one attached hydrogen (secondary N) is 1. The highest BCUT2D eigenvalue weighted by Crippen LogP contribution is 2.40. The van der Waals surface area contributed by atoms with Gasteiger partial charge in [0.15, 0.2) is 5.41 Å². The Morgan fingerprint density at radius 3 is 2.54 bits per heavy atom. The smallest absolute Gasteiger partial charge is 0.335 e. The van der Waals surface area contributed by atoms with E-state index in [1.54, 1.807) is 18.2 Å². The Kier molecular flexibility index (Phi) is 4.19. The van der Waals surface area contributed by atoms with Crippen LogP contribution in [0.1, 0.15) is 16.7 Å². The van der Waals surface area contributed by atoms with Crippen LogP contribution in [0.3, 0.4) is 0 Å². The monoisotopic (exact) mass is 397 g/mol. The van der Waals surface area contributed by atoms with Crippen molar-refractivity contribution in [2.45, 2.75) is 20.3 Å². The van der Waals surface area contributed by atoms with Crippen LogP contribution in [0.4, 0.5) is 16.2 Å². The van der Waals surface area contributed by atoms with Gasteiger partial charge in [0.2, 0.25) is 5.91 Å². The van der Waals surface area contributed by atoms with Crippen molar-refractivity contribution in [3.63, 3.8) is 0 Å². The third-order valence-electron chi connectivity index (χ3n) is 5.53. The Balaban J connectivity index is 1.81. The molecule has 0 radical (unpaired) electrons. The van der Waals surface area contributed by atoms with Crippen molar-refractivity contribution < 1.29 is 14.4 Å². The molecule has 2 aromatic rings. The molecule has 2 aromatic carbocycles. The SMILES string of the molecule is Cc1ccc2c(c1)CC1(CN2C)C(=O)NC(=O)N(c2ccc(C)c(Cl)c2)C1=O. The first kappa shape index (κ1) is 18.5. The number of rotatable bonds is 1. The maximum atomic E-state index is 13.5. The van der Waals surface area contributed by atoms with Crippen LogP contribution in [0.5, 0.6) is 0 Å².